The zero-order valence-electron chi connectivity index (χ0n) is 12.4. The van der Waals surface area contributed by atoms with Gasteiger partial charge in [0.1, 0.15) is 18.1 Å². The second-order valence-corrected chi connectivity index (χ2v) is 5.02. The van der Waals surface area contributed by atoms with Gasteiger partial charge in [-0.15, -0.1) is 0 Å². The molecule has 0 spiro atoms. The van der Waals surface area contributed by atoms with Crippen LogP contribution in [-0.2, 0) is 11.4 Å². The van der Waals surface area contributed by atoms with Gasteiger partial charge in [-0.05, 0) is 24.1 Å². The van der Waals surface area contributed by atoms with E-state index in [4.69, 9.17) is 10.5 Å². The zero-order valence-corrected chi connectivity index (χ0v) is 12.4. The van der Waals surface area contributed by atoms with Crippen LogP contribution in [0.15, 0.2) is 42.6 Å². The number of ketones is 1. The van der Waals surface area contributed by atoms with Gasteiger partial charge in [0.25, 0.3) is 0 Å². The Kier molecular flexibility index (Phi) is 5.25. The number of rotatable bonds is 7. The van der Waals surface area contributed by atoms with Crippen LogP contribution in [0.2, 0.25) is 0 Å². The standard InChI is InChI=1S/C17H18N2O3/c1-12-9-15(22-11-13-5-3-2-4-6-13)17(19-10-12)14(20)7-8-16(18)21/h2-6,9-10H,7-8,11H2,1H3,(H2,18,21). The summed E-state index contributed by atoms with van der Waals surface area (Å²) in [4.78, 5) is 27.1. The van der Waals surface area contributed by atoms with E-state index in [-0.39, 0.29) is 24.3 Å². The van der Waals surface area contributed by atoms with Crippen LogP contribution in [0, 0.1) is 6.92 Å². The van der Waals surface area contributed by atoms with Crippen molar-refractivity contribution in [3.63, 3.8) is 0 Å². The molecular formula is C17H18N2O3. The van der Waals surface area contributed by atoms with Crippen molar-refractivity contribution in [2.75, 3.05) is 0 Å². The lowest BCUT2D eigenvalue weighted by Gasteiger charge is -2.11. The normalized spacial score (nSPS) is 10.2. The Hall–Kier alpha value is -2.69. The van der Waals surface area contributed by atoms with E-state index in [9.17, 15) is 9.59 Å². The molecule has 0 bridgehead atoms. The molecule has 22 heavy (non-hydrogen) atoms. The maximum absolute atomic E-state index is 12.1. The van der Waals surface area contributed by atoms with Crippen molar-refractivity contribution < 1.29 is 14.3 Å². The zero-order chi connectivity index (χ0) is 15.9. The van der Waals surface area contributed by atoms with E-state index in [2.05, 4.69) is 4.98 Å². The van der Waals surface area contributed by atoms with Gasteiger partial charge in [-0.1, -0.05) is 30.3 Å². The third kappa shape index (κ3) is 4.41. The number of amides is 1. The van der Waals surface area contributed by atoms with Crippen molar-refractivity contribution in [2.24, 2.45) is 5.73 Å². The number of pyridine rings is 1. The van der Waals surface area contributed by atoms with Gasteiger partial charge in [-0.2, -0.15) is 0 Å². The number of ether oxygens (including phenoxy) is 1. The third-order valence-electron chi connectivity index (χ3n) is 3.09. The number of hydrogen-bond donors (Lipinski definition) is 1. The predicted octanol–water partition coefficient (Wildman–Crippen LogP) is 2.42. The molecule has 2 N–H and O–H groups in total. The van der Waals surface area contributed by atoms with Crippen LogP contribution in [0.5, 0.6) is 5.75 Å². The molecule has 0 aliphatic heterocycles. The molecule has 0 saturated carbocycles. The van der Waals surface area contributed by atoms with E-state index >= 15 is 0 Å². The predicted molar refractivity (Wildman–Crippen MR) is 82.5 cm³/mol. The van der Waals surface area contributed by atoms with Crippen LogP contribution < -0.4 is 10.5 Å². The van der Waals surface area contributed by atoms with Crippen LogP contribution in [0.3, 0.4) is 0 Å². The molecule has 1 aromatic carbocycles. The van der Waals surface area contributed by atoms with Gasteiger partial charge in [-0.3, -0.25) is 9.59 Å². The summed E-state index contributed by atoms with van der Waals surface area (Å²) >= 11 is 0. The van der Waals surface area contributed by atoms with Gasteiger partial charge < -0.3 is 10.5 Å². The minimum atomic E-state index is -0.507. The van der Waals surface area contributed by atoms with E-state index in [1.807, 2.05) is 37.3 Å². The minimum absolute atomic E-state index is 0.00646. The number of nitrogens with zero attached hydrogens (tertiary/aromatic N) is 1. The Morgan fingerprint density at radius 3 is 2.59 bits per heavy atom. The smallest absolute Gasteiger partial charge is 0.217 e. The SMILES string of the molecule is Cc1cnc(C(=O)CCC(N)=O)c(OCc2ccccc2)c1. The van der Waals surface area contributed by atoms with Crippen molar-refractivity contribution in [2.45, 2.75) is 26.4 Å². The van der Waals surface area contributed by atoms with Crippen LogP contribution in [-0.4, -0.2) is 16.7 Å². The van der Waals surface area contributed by atoms with Crippen molar-refractivity contribution >= 4 is 11.7 Å². The number of aryl methyl sites for hydroxylation is 1. The molecule has 0 aliphatic rings. The summed E-state index contributed by atoms with van der Waals surface area (Å²) in [5.41, 5.74) is 7.21. The number of aromatic nitrogens is 1. The van der Waals surface area contributed by atoms with Crippen LogP contribution in [0.1, 0.15) is 34.5 Å². The van der Waals surface area contributed by atoms with E-state index in [1.165, 1.54) is 0 Å². The average molecular weight is 298 g/mol. The second-order valence-electron chi connectivity index (χ2n) is 5.02. The molecule has 0 unspecified atom stereocenters. The fraction of sp³-hybridized carbons (Fsp3) is 0.235. The molecule has 1 aromatic heterocycles. The highest BCUT2D eigenvalue weighted by atomic mass is 16.5. The quantitative estimate of drug-likeness (QED) is 0.796. The highest BCUT2D eigenvalue weighted by Crippen LogP contribution is 2.21. The van der Waals surface area contributed by atoms with Crippen molar-refractivity contribution in [3.05, 3.63) is 59.4 Å². The Morgan fingerprint density at radius 1 is 1.18 bits per heavy atom. The average Bonchev–Trinajstić information content (AvgIpc) is 2.51. The topological polar surface area (TPSA) is 82.3 Å². The Morgan fingerprint density at radius 2 is 1.91 bits per heavy atom. The first-order valence-electron chi connectivity index (χ1n) is 7.01. The number of carbonyl (C=O) groups excluding carboxylic acids is 2. The van der Waals surface area contributed by atoms with Gasteiger partial charge in [0.15, 0.2) is 5.78 Å². The summed E-state index contributed by atoms with van der Waals surface area (Å²) < 4.78 is 5.73. The lowest BCUT2D eigenvalue weighted by Crippen LogP contribution is -2.14. The van der Waals surface area contributed by atoms with Crippen LogP contribution in [0.4, 0.5) is 0 Å². The molecule has 0 fully saturated rings. The van der Waals surface area contributed by atoms with E-state index < -0.39 is 5.91 Å². The van der Waals surface area contributed by atoms with E-state index in [0.29, 0.717) is 12.4 Å². The van der Waals surface area contributed by atoms with Crippen molar-refractivity contribution in [1.29, 1.82) is 0 Å². The number of primary amides is 1. The Labute approximate surface area is 129 Å². The number of carbonyl (C=O) groups is 2. The fourth-order valence-corrected chi connectivity index (χ4v) is 1.95. The highest BCUT2D eigenvalue weighted by Gasteiger charge is 2.15. The summed E-state index contributed by atoms with van der Waals surface area (Å²) in [5.74, 6) is -0.326. The molecule has 2 aromatic rings. The molecule has 2 rings (SSSR count). The first-order valence-corrected chi connectivity index (χ1v) is 7.01. The summed E-state index contributed by atoms with van der Waals surface area (Å²) in [7, 11) is 0. The second kappa shape index (κ2) is 7.36. The largest absolute Gasteiger partial charge is 0.486 e. The molecule has 0 radical (unpaired) electrons. The molecule has 0 saturated heterocycles. The summed E-state index contributed by atoms with van der Waals surface area (Å²) in [6.45, 7) is 2.22. The molecule has 0 aliphatic carbocycles. The fourth-order valence-electron chi connectivity index (χ4n) is 1.95. The van der Waals surface area contributed by atoms with Gasteiger partial charge in [0.2, 0.25) is 5.91 Å². The molecule has 114 valence electrons. The number of hydrogen-bond acceptors (Lipinski definition) is 4. The maximum atomic E-state index is 12.1. The molecule has 1 amide bonds. The van der Waals surface area contributed by atoms with E-state index in [1.54, 1.807) is 12.3 Å². The number of nitrogens with two attached hydrogens (primary N) is 1. The van der Waals surface area contributed by atoms with Gasteiger partial charge >= 0.3 is 0 Å². The van der Waals surface area contributed by atoms with Gasteiger partial charge in [0, 0.05) is 19.0 Å². The maximum Gasteiger partial charge on any atom is 0.217 e. The lowest BCUT2D eigenvalue weighted by molar-refractivity contribution is -0.118. The third-order valence-corrected chi connectivity index (χ3v) is 3.09. The summed E-state index contributed by atoms with van der Waals surface area (Å²) in [6, 6.07) is 11.4. The monoisotopic (exact) mass is 298 g/mol. The number of benzene rings is 1. The molecule has 5 heteroatoms. The lowest BCUT2D eigenvalue weighted by atomic mass is 10.1. The van der Waals surface area contributed by atoms with Crippen molar-refractivity contribution in [3.8, 4) is 5.75 Å². The van der Waals surface area contributed by atoms with Crippen LogP contribution >= 0.6 is 0 Å². The van der Waals surface area contributed by atoms with Gasteiger partial charge in [-0.25, -0.2) is 4.98 Å². The van der Waals surface area contributed by atoms with Crippen LogP contribution in [0.25, 0.3) is 0 Å². The summed E-state index contributed by atoms with van der Waals surface area (Å²) in [5, 5.41) is 0. The Balaban J connectivity index is 2.13. The summed E-state index contributed by atoms with van der Waals surface area (Å²) in [6.07, 6.45) is 1.65. The molecule has 0 atom stereocenters. The highest BCUT2D eigenvalue weighted by molar-refractivity contribution is 5.98. The molecular weight excluding hydrogens is 280 g/mol. The first-order chi connectivity index (χ1) is 10.6. The van der Waals surface area contributed by atoms with Crippen molar-refractivity contribution in [1.82, 2.24) is 4.98 Å². The van der Waals surface area contributed by atoms with Gasteiger partial charge in [0.05, 0.1) is 0 Å². The minimum Gasteiger partial charge on any atom is -0.486 e. The molecule has 5 nitrogen and oxygen atoms in total. The number of Topliss-reactive ketones (excluding diaryl/α,β-unsaturated/α-hetero) is 1. The molecule has 1 heterocycles. The van der Waals surface area contributed by atoms with E-state index in [0.717, 1.165) is 11.1 Å². The first kappa shape index (κ1) is 15.7. The Bertz CT molecular complexity index is 669.